The summed E-state index contributed by atoms with van der Waals surface area (Å²) < 4.78 is 0. The van der Waals surface area contributed by atoms with Crippen LogP contribution in [0.15, 0.2) is 0 Å². The Morgan fingerprint density at radius 2 is 1.03 bits per heavy atom. The molecule has 1 fully saturated rings. The molecule has 2 nitrogen and oxygen atoms in total. The Labute approximate surface area is 202 Å². The number of rotatable bonds is 22. The fraction of sp³-hybridized carbons (Fsp3) is 0.967. The minimum absolute atomic E-state index is 0.327. The SMILES string of the molecule is CCCCCCCCCCCCC1CCCCC1NC(=O)CCCCCCCCCCC. The van der Waals surface area contributed by atoms with Gasteiger partial charge in [0.1, 0.15) is 0 Å². The van der Waals surface area contributed by atoms with Gasteiger partial charge in [-0.05, 0) is 31.6 Å². The summed E-state index contributed by atoms with van der Waals surface area (Å²) in [6, 6.07) is 0.466. The van der Waals surface area contributed by atoms with Crippen LogP contribution in [0.5, 0.6) is 0 Å². The summed E-state index contributed by atoms with van der Waals surface area (Å²) in [6.45, 7) is 4.57. The highest BCUT2D eigenvalue weighted by molar-refractivity contribution is 5.76. The van der Waals surface area contributed by atoms with Gasteiger partial charge in [0.25, 0.3) is 0 Å². The van der Waals surface area contributed by atoms with E-state index in [1.54, 1.807) is 0 Å². The van der Waals surface area contributed by atoms with Gasteiger partial charge in [-0.15, -0.1) is 0 Å². The van der Waals surface area contributed by atoms with Crippen LogP contribution in [0.4, 0.5) is 0 Å². The zero-order valence-corrected chi connectivity index (χ0v) is 22.2. The van der Waals surface area contributed by atoms with Crippen molar-refractivity contribution in [3.63, 3.8) is 0 Å². The van der Waals surface area contributed by atoms with E-state index in [0.717, 1.165) is 18.8 Å². The van der Waals surface area contributed by atoms with Crippen molar-refractivity contribution in [3.8, 4) is 0 Å². The van der Waals surface area contributed by atoms with Crippen LogP contribution in [-0.4, -0.2) is 11.9 Å². The van der Waals surface area contributed by atoms with E-state index in [4.69, 9.17) is 0 Å². The van der Waals surface area contributed by atoms with E-state index >= 15 is 0 Å². The molecule has 1 aliphatic rings. The molecule has 0 saturated heterocycles. The van der Waals surface area contributed by atoms with Crippen molar-refractivity contribution < 1.29 is 4.79 Å². The van der Waals surface area contributed by atoms with Gasteiger partial charge in [0.05, 0.1) is 0 Å². The van der Waals surface area contributed by atoms with Crippen LogP contribution in [0.25, 0.3) is 0 Å². The molecule has 2 heteroatoms. The van der Waals surface area contributed by atoms with Crippen molar-refractivity contribution in [1.82, 2.24) is 5.32 Å². The first-order valence-electron chi connectivity index (χ1n) is 15.1. The summed E-state index contributed by atoms with van der Waals surface area (Å²) in [5, 5.41) is 3.44. The van der Waals surface area contributed by atoms with Crippen LogP contribution in [0.2, 0.25) is 0 Å². The van der Waals surface area contributed by atoms with Gasteiger partial charge in [-0.3, -0.25) is 4.79 Å². The molecular weight excluding hydrogens is 390 g/mol. The molecule has 0 radical (unpaired) electrons. The van der Waals surface area contributed by atoms with Crippen molar-refractivity contribution >= 4 is 5.91 Å². The third-order valence-electron chi connectivity index (χ3n) is 7.69. The molecule has 190 valence electrons. The number of hydrogen-bond acceptors (Lipinski definition) is 1. The zero-order valence-electron chi connectivity index (χ0n) is 22.2. The Hall–Kier alpha value is -0.530. The van der Waals surface area contributed by atoms with Crippen LogP contribution in [0.1, 0.15) is 174 Å². The van der Waals surface area contributed by atoms with Gasteiger partial charge in [0.15, 0.2) is 0 Å². The van der Waals surface area contributed by atoms with Crippen LogP contribution in [0.3, 0.4) is 0 Å². The molecule has 0 heterocycles. The molecule has 1 aliphatic carbocycles. The minimum atomic E-state index is 0.327. The smallest absolute Gasteiger partial charge is 0.220 e. The summed E-state index contributed by atoms with van der Waals surface area (Å²) in [7, 11) is 0. The molecule has 0 aromatic rings. The molecule has 1 N–H and O–H groups in total. The molecule has 2 unspecified atom stereocenters. The van der Waals surface area contributed by atoms with Crippen LogP contribution in [0, 0.1) is 5.92 Å². The summed E-state index contributed by atoms with van der Waals surface area (Å²) >= 11 is 0. The molecule has 1 amide bonds. The van der Waals surface area contributed by atoms with Gasteiger partial charge in [-0.2, -0.15) is 0 Å². The third kappa shape index (κ3) is 17.0. The van der Waals surface area contributed by atoms with E-state index in [0.29, 0.717) is 11.9 Å². The maximum absolute atomic E-state index is 12.5. The predicted octanol–water partition coefficient (Wildman–Crippen LogP) is 9.89. The van der Waals surface area contributed by atoms with E-state index in [1.165, 1.54) is 148 Å². The average Bonchev–Trinajstić information content (AvgIpc) is 2.80. The first kappa shape index (κ1) is 29.5. The van der Waals surface area contributed by atoms with Gasteiger partial charge in [-0.1, -0.05) is 142 Å². The standard InChI is InChI=1S/C30H59NO/c1-3-5-7-9-11-13-15-16-18-20-24-28-25-22-23-26-29(28)31-30(32)27-21-19-17-14-12-10-8-6-4-2/h28-29H,3-27H2,1-2H3,(H,31,32). The average molecular weight is 450 g/mol. The number of carbonyl (C=O) groups is 1. The second-order valence-corrected chi connectivity index (χ2v) is 10.8. The van der Waals surface area contributed by atoms with Gasteiger partial charge >= 0.3 is 0 Å². The van der Waals surface area contributed by atoms with Gasteiger partial charge in [-0.25, -0.2) is 0 Å². The molecular formula is C30H59NO. The maximum Gasteiger partial charge on any atom is 0.220 e. The van der Waals surface area contributed by atoms with E-state index in [1.807, 2.05) is 0 Å². The number of hydrogen-bond donors (Lipinski definition) is 1. The monoisotopic (exact) mass is 449 g/mol. The Bertz CT molecular complexity index is 408. The molecule has 1 saturated carbocycles. The molecule has 0 bridgehead atoms. The van der Waals surface area contributed by atoms with Crippen LogP contribution in [-0.2, 0) is 4.79 Å². The molecule has 0 aliphatic heterocycles. The summed E-state index contributed by atoms with van der Waals surface area (Å²) in [4.78, 5) is 12.5. The van der Waals surface area contributed by atoms with Crippen molar-refractivity contribution in [1.29, 1.82) is 0 Å². The fourth-order valence-corrected chi connectivity index (χ4v) is 5.51. The first-order chi connectivity index (χ1) is 15.8. The molecule has 32 heavy (non-hydrogen) atoms. The van der Waals surface area contributed by atoms with E-state index in [-0.39, 0.29) is 0 Å². The Kier molecular flexibility index (Phi) is 20.5. The second kappa shape index (κ2) is 22.3. The number of amides is 1. The summed E-state index contributed by atoms with van der Waals surface area (Å²) in [5.74, 6) is 1.07. The predicted molar refractivity (Wildman–Crippen MR) is 142 cm³/mol. The lowest BCUT2D eigenvalue weighted by molar-refractivity contribution is -0.122. The number of unbranched alkanes of at least 4 members (excludes halogenated alkanes) is 17. The van der Waals surface area contributed by atoms with Crippen molar-refractivity contribution in [3.05, 3.63) is 0 Å². The molecule has 1 rings (SSSR count). The number of carbonyl (C=O) groups excluding carboxylic acids is 1. The quantitative estimate of drug-likeness (QED) is 0.164. The Morgan fingerprint density at radius 1 is 0.594 bits per heavy atom. The lowest BCUT2D eigenvalue weighted by Gasteiger charge is -2.32. The van der Waals surface area contributed by atoms with E-state index in [2.05, 4.69) is 19.2 Å². The van der Waals surface area contributed by atoms with Crippen molar-refractivity contribution in [2.45, 2.75) is 180 Å². The minimum Gasteiger partial charge on any atom is -0.353 e. The molecule has 0 spiro atoms. The second-order valence-electron chi connectivity index (χ2n) is 10.8. The maximum atomic E-state index is 12.5. The summed E-state index contributed by atoms with van der Waals surface area (Å²) in [6.07, 6.45) is 33.3. The van der Waals surface area contributed by atoms with Gasteiger partial charge in [0.2, 0.25) is 5.91 Å². The normalized spacial score (nSPS) is 18.7. The molecule has 0 aromatic carbocycles. The zero-order chi connectivity index (χ0) is 23.1. The highest BCUT2D eigenvalue weighted by atomic mass is 16.1. The topological polar surface area (TPSA) is 29.1 Å². The molecule has 2 atom stereocenters. The lowest BCUT2D eigenvalue weighted by atomic mass is 9.81. The highest BCUT2D eigenvalue weighted by Gasteiger charge is 2.25. The largest absolute Gasteiger partial charge is 0.353 e. The first-order valence-corrected chi connectivity index (χ1v) is 15.1. The van der Waals surface area contributed by atoms with E-state index in [9.17, 15) is 4.79 Å². The number of nitrogens with one attached hydrogen (secondary N) is 1. The van der Waals surface area contributed by atoms with Crippen molar-refractivity contribution in [2.24, 2.45) is 5.92 Å². The van der Waals surface area contributed by atoms with Crippen LogP contribution < -0.4 is 5.32 Å². The van der Waals surface area contributed by atoms with Crippen LogP contribution >= 0.6 is 0 Å². The van der Waals surface area contributed by atoms with Crippen molar-refractivity contribution in [2.75, 3.05) is 0 Å². The lowest BCUT2D eigenvalue weighted by Crippen LogP contribution is -2.42. The Balaban J connectivity index is 2.02. The highest BCUT2D eigenvalue weighted by Crippen LogP contribution is 2.29. The third-order valence-corrected chi connectivity index (χ3v) is 7.69. The van der Waals surface area contributed by atoms with E-state index < -0.39 is 0 Å². The van der Waals surface area contributed by atoms with Gasteiger partial charge < -0.3 is 5.32 Å². The summed E-state index contributed by atoms with van der Waals surface area (Å²) in [5.41, 5.74) is 0. The fourth-order valence-electron chi connectivity index (χ4n) is 5.51. The molecule has 0 aromatic heterocycles. The van der Waals surface area contributed by atoms with Gasteiger partial charge in [0, 0.05) is 12.5 Å². The Morgan fingerprint density at radius 3 is 1.56 bits per heavy atom.